The van der Waals surface area contributed by atoms with Gasteiger partial charge in [0, 0.05) is 6.54 Å². The molecule has 1 aliphatic rings. The smallest absolute Gasteiger partial charge is 0.187 e. The van der Waals surface area contributed by atoms with Crippen molar-refractivity contribution in [2.75, 3.05) is 6.61 Å². The van der Waals surface area contributed by atoms with Gasteiger partial charge in [0.2, 0.25) is 0 Å². The first-order valence-corrected chi connectivity index (χ1v) is 8.16. The summed E-state index contributed by atoms with van der Waals surface area (Å²) >= 11 is 0. The zero-order valence-electron chi connectivity index (χ0n) is 13.9. The fourth-order valence-electron chi connectivity index (χ4n) is 2.65. The van der Waals surface area contributed by atoms with E-state index < -0.39 is 37.3 Å². The highest BCUT2D eigenvalue weighted by Gasteiger charge is 2.44. The standard InChI is InChI=1S/C16H22N4O6/c17-5-9-1-3-11(4-2-9)20-6-10(18-19-20)8-25-16-15(24)14(23)13(22)12(7-21)26-16/h1-4,6,12-16,21-24H,5,7-8,17H2/t12-,13-,14+,15-,16-/m1/s1. The summed E-state index contributed by atoms with van der Waals surface area (Å²) in [5.74, 6) is 0. The second-order valence-corrected chi connectivity index (χ2v) is 6.03. The van der Waals surface area contributed by atoms with Gasteiger partial charge in [-0.2, -0.15) is 0 Å². The van der Waals surface area contributed by atoms with Gasteiger partial charge in [-0.1, -0.05) is 17.3 Å². The normalized spacial score (nSPS) is 29.0. The van der Waals surface area contributed by atoms with E-state index in [4.69, 9.17) is 20.3 Å². The van der Waals surface area contributed by atoms with Gasteiger partial charge in [0.25, 0.3) is 0 Å². The minimum absolute atomic E-state index is 0.0381. The van der Waals surface area contributed by atoms with Crippen LogP contribution in [-0.4, -0.2) is 72.7 Å². The van der Waals surface area contributed by atoms with Crippen LogP contribution in [0.2, 0.25) is 0 Å². The van der Waals surface area contributed by atoms with Gasteiger partial charge < -0.3 is 35.6 Å². The molecule has 142 valence electrons. The van der Waals surface area contributed by atoms with E-state index in [0.29, 0.717) is 12.2 Å². The molecule has 0 unspecified atom stereocenters. The largest absolute Gasteiger partial charge is 0.394 e. The molecular formula is C16H22N4O6. The summed E-state index contributed by atoms with van der Waals surface area (Å²) < 4.78 is 12.3. The van der Waals surface area contributed by atoms with Crippen LogP contribution in [0.25, 0.3) is 5.69 Å². The molecule has 6 N–H and O–H groups in total. The Hall–Kier alpha value is -1.92. The molecule has 1 fully saturated rings. The van der Waals surface area contributed by atoms with Crippen molar-refractivity contribution in [3.63, 3.8) is 0 Å². The summed E-state index contributed by atoms with van der Waals surface area (Å²) in [6.45, 7) is -0.0980. The molecule has 1 aromatic carbocycles. The second kappa shape index (κ2) is 8.18. The van der Waals surface area contributed by atoms with Crippen LogP contribution in [0.3, 0.4) is 0 Å². The van der Waals surface area contributed by atoms with E-state index in [-0.39, 0.29) is 6.61 Å². The highest BCUT2D eigenvalue weighted by atomic mass is 16.7. The van der Waals surface area contributed by atoms with E-state index in [1.807, 2.05) is 24.3 Å². The van der Waals surface area contributed by atoms with Gasteiger partial charge >= 0.3 is 0 Å². The zero-order valence-corrected chi connectivity index (χ0v) is 13.9. The predicted molar refractivity (Wildman–Crippen MR) is 87.8 cm³/mol. The van der Waals surface area contributed by atoms with Crippen LogP contribution in [0.15, 0.2) is 30.5 Å². The summed E-state index contributed by atoms with van der Waals surface area (Å²) in [5, 5.41) is 46.6. The van der Waals surface area contributed by atoms with E-state index in [1.54, 1.807) is 10.9 Å². The minimum atomic E-state index is -1.48. The molecule has 10 heteroatoms. The third-order valence-electron chi connectivity index (χ3n) is 4.22. The summed E-state index contributed by atoms with van der Waals surface area (Å²) in [7, 11) is 0. The van der Waals surface area contributed by atoms with Crippen molar-refractivity contribution in [1.82, 2.24) is 15.0 Å². The first-order chi connectivity index (χ1) is 12.5. The van der Waals surface area contributed by atoms with Crippen LogP contribution in [0.4, 0.5) is 0 Å². The van der Waals surface area contributed by atoms with Crippen molar-refractivity contribution in [3.8, 4) is 5.69 Å². The Morgan fingerprint density at radius 1 is 1.12 bits per heavy atom. The molecule has 26 heavy (non-hydrogen) atoms. The Morgan fingerprint density at radius 2 is 1.85 bits per heavy atom. The number of benzene rings is 1. The van der Waals surface area contributed by atoms with Crippen molar-refractivity contribution < 1.29 is 29.9 Å². The zero-order chi connectivity index (χ0) is 18.7. The fourth-order valence-corrected chi connectivity index (χ4v) is 2.65. The van der Waals surface area contributed by atoms with Crippen LogP contribution in [-0.2, 0) is 22.6 Å². The number of nitrogens with two attached hydrogens (primary N) is 1. The maximum absolute atomic E-state index is 9.94. The van der Waals surface area contributed by atoms with E-state index in [1.165, 1.54) is 0 Å². The van der Waals surface area contributed by atoms with Crippen molar-refractivity contribution in [3.05, 3.63) is 41.7 Å². The van der Waals surface area contributed by atoms with Crippen LogP contribution in [0.5, 0.6) is 0 Å². The van der Waals surface area contributed by atoms with Crippen LogP contribution >= 0.6 is 0 Å². The Morgan fingerprint density at radius 3 is 2.50 bits per heavy atom. The summed E-state index contributed by atoms with van der Waals surface area (Å²) in [5.41, 5.74) is 7.85. The highest BCUT2D eigenvalue weighted by molar-refractivity contribution is 5.33. The third-order valence-corrected chi connectivity index (χ3v) is 4.22. The van der Waals surface area contributed by atoms with Crippen LogP contribution < -0.4 is 5.73 Å². The average molecular weight is 366 g/mol. The molecule has 1 aromatic heterocycles. The third kappa shape index (κ3) is 3.91. The molecule has 0 amide bonds. The Labute approximate surface area is 149 Å². The number of nitrogens with zero attached hydrogens (tertiary/aromatic N) is 3. The molecule has 1 aliphatic heterocycles. The molecule has 10 nitrogen and oxygen atoms in total. The van der Waals surface area contributed by atoms with Gasteiger partial charge in [0.1, 0.15) is 30.1 Å². The Balaban J connectivity index is 1.62. The SMILES string of the molecule is NCc1ccc(-n2cc(CO[C@@H]3O[C@H](CO)[C@@H](O)[C@H](O)[C@H]3O)nn2)cc1. The van der Waals surface area contributed by atoms with E-state index in [2.05, 4.69) is 10.3 Å². The number of hydrogen-bond acceptors (Lipinski definition) is 9. The average Bonchev–Trinajstić information content (AvgIpc) is 3.15. The van der Waals surface area contributed by atoms with Crippen LogP contribution in [0, 0.1) is 0 Å². The van der Waals surface area contributed by atoms with Crippen molar-refractivity contribution in [2.45, 2.75) is 43.9 Å². The van der Waals surface area contributed by atoms with Crippen LogP contribution in [0.1, 0.15) is 11.3 Å². The summed E-state index contributed by atoms with van der Waals surface area (Å²) in [6.07, 6.45) is -4.93. The topological polar surface area (TPSA) is 156 Å². The number of aliphatic hydroxyl groups is 4. The number of aromatic nitrogens is 3. The Bertz CT molecular complexity index is 707. The highest BCUT2D eigenvalue weighted by Crippen LogP contribution is 2.22. The molecule has 3 rings (SSSR count). The van der Waals surface area contributed by atoms with Crippen molar-refractivity contribution >= 4 is 0 Å². The lowest BCUT2D eigenvalue weighted by Crippen LogP contribution is -2.59. The van der Waals surface area contributed by atoms with E-state index in [9.17, 15) is 15.3 Å². The number of ether oxygens (including phenoxy) is 2. The first kappa shape index (κ1) is 18.9. The minimum Gasteiger partial charge on any atom is -0.394 e. The van der Waals surface area contributed by atoms with E-state index >= 15 is 0 Å². The first-order valence-electron chi connectivity index (χ1n) is 8.16. The molecule has 2 aromatic rings. The number of hydrogen-bond donors (Lipinski definition) is 5. The fraction of sp³-hybridized carbons (Fsp3) is 0.500. The molecule has 0 spiro atoms. The second-order valence-electron chi connectivity index (χ2n) is 6.03. The quantitative estimate of drug-likeness (QED) is 0.392. The van der Waals surface area contributed by atoms with Gasteiger partial charge in [-0.15, -0.1) is 5.10 Å². The molecule has 0 saturated carbocycles. The van der Waals surface area contributed by atoms with Gasteiger partial charge in [0.15, 0.2) is 6.29 Å². The molecule has 0 aliphatic carbocycles. The lowest BCUT2D eigenvalue weighted by Gasteiger charge is -2.39. The van der Waals surface area contributed by atoms with E-state index in [0.717, 1.165) is 11.3 Å². The van der Waals surface area contributed by atoms with Crippen molar-refractivity contribution in [2.24, 2.45) is 5.73 Å². The molecular weight excluding hydrogens is 344 g/mol. The Kier molecular flexibility index (Phi) is 5.94. The molecule has 2 heterocycles. The lowest BCUT2D eigenvalue weighted by atomic mass is 9.99. The van der Waals surface area contributed by atoms with Crippen molar-refractivity contribution in [1.29, 1.82) is 0 Å². The van der Waals surface area contributed by atoms with Gasteiger partial charge in [-0.3, -0.25) is 0 Å². The molecule has 1 saturated heterocycles. The summed E-state index contributed by atoms with van der Waals surface area (Å²) in [4.78, 5) is 0. The predicted octanol–water partition coefficient (Wildman–Crippen LogP) is -1.96. The molecule has 0 bridgehead atoms. The number of aliphatic hydroxyl groups excluding tert-OH is 4. The maximum atomic E-state index is 9.94. The van der Waals surface area contributed by atoms with Gasteiger partial charge in [-0.05, 0) is 17.7 Å². The van der Waals surface area contributed by atoms with Gasteiger partial charge in [0.05, 0.1) is 25.1 Å². The number of rotatable bonds is 6. The monoisotopic (exact) mass is 366 g/mol. The lowest BCUT2D eigenvalue weighted by molar-refractivity contribution is -0.304. The summed E-state index contributed by atoms with van der Waals surface area (Å²) in [6, 6.07) is 7.50. The maximum Gasteiger partial charge on any atom is 0.187 e. The van der Waals surface area contributed by atoms with Gasteiger partial charge in [-0.25, -0.2) is 4.68 Å². The molecule has 5 atom stereocenters. The molecule has 0 radical (unpaired) electrons.